The standard InChI is InChI=1S/C16H21N7/c1-10(2)8-23-9-12(6-18-23)19-16-14-13(7-17-22-14)20-15(21-16)11-4-3-5-11/h6-7,9-11H,3-5,8H2,1-2H3,(H,17,22)(H,19,20,21). The fourth-order valence-corrected chi connectivity index (χ4v) is 2.84. The van der Waals surface area contributed by atoms with Crippen molar-refractivity contribution < 1.29 is 0 Å². The topological polar surface area (TPSA) is 84.3 Å². The Kier molecular flexibility index (Phi) is 3.48. The molecule has 1 aliphatic rings. The lowest BCUT2D eigenvalue weighted by atomic mass is 9.85. The molecule has 0 bridgehead atoms. The van der Waals surface area contributed by atoms with E-state index in [0.717, 1.165) is 34.9 Å². The van der Waals surface area contributed by atoms with Crippen molar-refractivity contribution in [1.29, 1.82) is 0 Å². The average Bonchev–Trinajstić information content (AvgIpc) is 3.05. The third kappa shape index (κ3) is 2.78. The van der Waals surface area contributed by atoms with Gasteiger partial charge in [0.15, 0.2) is 5.82 Å². The van der Waals surface area contributed by atoms with Crippen LogP contribution >= 0.6 is 0 Å². The summed E-state index contributed by atoms with van der Waals surface area (Å²) in [6.45, 7) is 5.26. The molecular formula is C16H21N7. The largest absolute Gasteiger partial charge is 0.336 e. The van der Waals surface area contributed by atoms with E-state index in [1.807, 2.05) is 17.1 Å². The van der Waals surface area contributed by atoms with E-state index in [-0.39, 0.29) is 0 Å². The maximum atomic E-state index is 4.73. The summed E-state index contributed by atoms with van der Waals surface area (Å²) >= 11 is 0. The Morgan fingerprint density at radius 1 is 1.30 bits per heavy atom. The highest BCUT2D eigenvalue weighted by atomic mass is 15.3. The molecule has 0 unspecified atom stereocenters. The molecule has 7 heteroatoms. The molecule has 0 atom stereocenters. The zero-order valence-electron chi connectivity index (χ0n) is 13.5. The van der Waals surface area contributed by atoms with Crippen LogP contribution in [-0.4, -0.2) is 29.9 Å². The maximum absolute atomic E-state index is 4.73. The van der Waals surface area contributed by atoms with Gasteiger partial charge in [-0.15, -0.1) is 0 Å². The first kappa shape index (κ1) is 14.2. The lowest BCUT2D eigenvalue weighted by Crippen LogP contribution is -2.13. The summed E-state index contributed by atoms with van der Waals surface area (Å²) in [5, 5.41) is 14.8. The van der Waals surface area contributed by atoms with E-state index in [4.69, 9.17) is 4.98 Å². The van der Waals surface area contributed by atoms with Crippen LogP contribution in [-0.2, 0) is 6.54 Å². The molecule has 0 aliphatic heterocycles. The molecule has 120 valence electrons. The van der Waals surface area contributed by atoms with Gasteiger partial charge in [-0.3, -0.25) is 9.78 Å². The first-order chi connectivity index (χ1) is 11.2. The minimum Gasteiger partial charge on any atom is -0.336 e. The van der Waals surface area contributed by atoms with Crippen molar-refractivity contribution in [3.05, 3.63) is 24.4 Å². The van der Waals surface area contributed by atoms with Crippen molar-refractivity contribution in [2.75, 3.05) is 5.32 Å². The van der Waals surface area contributed by atoms with E-state index in [1.54, 1.807) is 6.20 Å². The van der Waals surface area contributed by atoms with Crippen LogP contribution in [0.15, 0.2) is 18.6 Å². The van der Waals surface area contributed by atoms with Gasteiger partial charge >= 0.3 is 0 Å². The highest BCUT2D eigenvalue weighted by Gasteiger charge is 2.24. The first-order valence-electron chi connectivity index (χ1n) is 8.19. The Bertz CT molecular complexity index is 813. The van der Waals surface area contributed by atoms with Crippen molar-refractivity contribution >= 4 is 22.5 Å². The Labute approximate surface area is 134 Å². The Balaban J connectivity index is 1.64. The molecule has 3 aromatic rings. The van der Waals surface area contributed by atoms with E-state index >= 15 is 0 Å². The number of hydrogen-bond acceptors (Lipinski definition) is 5. The zero-order valence-corrected chi connectivity index (χ0v) is 13.5. The van der Waals surface area contributed by atoms with E-state index < -0.39 is 0 Å². The van der Waals surface area contributed by atoms with Crippen LogP contribution in [0.4, 0.5) is 11.5 Å². The molecule has 1 fully saturated rings. The first-order valence-corrected chi connectivity index (χ1v) is 8.19. The number of hydrogen-bond donors (Lipinski definition) is 2. The quantitative estimate of drug-likeness (QED) is 0.756. The highest BCUT2D eigenvalue weighted by molar-refractivity contribution is 5.86. The summed E-state index contributed by atoms with van der Waals surface area (Å²) in [5.74, 6) is 2.74. The summed E-state index contributed by atoms with van der Waals surface area (Å²) in [5.41, 5.74) is 2.63. The van der Waals surface area contributed by atoms with Gasteiger partial charge in [0.1, 0.15) is 16.9 Å². The van der Waals surface area contributed by atoms with Crippen LogP contribution in [0.2, 0.25) is 0 Å². The zero-order chi connectivity index (χ0) is 15.8. The molecule has 0 spiro atoms. The smallest absolute Gasteiger partial charge is 0.160 e. The molecule has 1 saturated carbocycles. The number of nitrogens with one attached hydrogen (secondary N) is 2. The Morgan fingerprint density at radius 3 is 2.91 bits per heavy atom. The van der Waals surface area contributed by atoms with E-state index in [2.05, 4.69) is 39.4 Å². The normalized spacial score (nSPS) is 15.3. The number of aromatic amines is 1. The van der Waals surface area contributed by atoms with Crippen molar-refractivity contribution in [2.24, 2.45) is 5.92 Å². The van der Waals surface area contributed by atoms with Gasteiger partial charge < -0.3 is 5.32 Å². The number of fused-ring (bicyclic) bond motifs is 1. The lowest BCUT2D eigenvalue weighted by Gasteiger charge is -2.24. The maximum Gasteiger partial charge on any atom is 0.160 e. The lowest BCUT2D eigenvalue weighted by molar-refractivity contribution is 0.403. The fourth-order valence-electron chi connectivity index (χ4n) is 2.84. The summed E-state index contributed by atoms with van der Waals surface area (Å²) in [6, 6.07) is 0. The summed E-state index contributed by atoms with van der Waals surface area (Å²) in [4.78, 5) is 9.37. The third-order valence-electron chi connectivity index (χ3n) is 4.24. The summed E-state index contributed by atoms with van der Waals surface area (Å²) in [6.07, 6.45) is 9.21. The van der Waals surface area contributed by atoms with E-state index in [1.165, 1.54) is 19.3 Å². The average molecular weight is 311 g/mol. The molecule has 3 heterocycles. The van der Waals surface area contributed by atoms with Gasteiger partial charge in [-0.05, 0) is 18.8 Å². The van der Waals surface area contributed by atoms with Crippen LogP contribution in [0, 0.1) is 5.92 Å². The van der Waals surface area contributed by atoms with Gasteiger partial charge in [0.25, 0.3) is 0 Å². The minimum atomic E-state index is 0.485. The molecule has 1 aliphatic carbocycles. The predicted octanol–water partition coefficient (Wildman–Crippen LogP) is 3.22. The molecular weight excluding hydrogens is 290 g/mol. The van der Waals surface area contributed by atoms with Gasteiger partial charge in [0, 0.05) is 18.7 Å². The monoisotopic (exact) mass is 311 g/mol. The van der Waals surface area contributed by atoms with Gasteiger partial charge in [-0.2, -0.15) is 10.2 Å². The molecule has 0 saturated heterocycles. The van der Waals surface area contributed by atoms with Crippen LogP contribution in [0.1, 0.15) is 44.9 Å². The van der Waals surface area contributed by atoms with Crippen LogP contribution in [0.3, 0.4) is 0 Å². The molecule has 23 heavy (non-hydrogen) atoms. The van der Waals surface area contributed by atoms with Crippen molar-refractivity contribution in [1.82, 2.24) is 29.9 Å². The second-order valence-corrected chi connectivity index (χ2v) is 6.66. The van der Waals surface area contributed by atoms with E-state index in [9.17, 15) is 0 Å². The summed E-state index contributed by atoms with van der Waals surface area (Å²) in [7, 11) is 0. The van der Waals surface area contributed by atoms with Crippen LogP contribution < -0.4 is 5.32 Å². The van der Waals surface area contributed by atoms with E-state index in [0.29, 0.717) is 11.8 Å². The molecule has 2 N–H and O–H groups in total. The van der Waals surface area contributed by atoms with Crippen molar-refractivity contribution in [3.63, 3.8) is 0 Å². The predicted molar refractivity (Wildman–Crippen MR) is 88.6 cm³/mol. The number of anilines is 2. The fraction of sp³-hybridized carbons (Fsp3) is 0.500. The molecule has 0 aromatic carbocycles. The van der Waals surface area contributed by atoms with Crippen LogP contribution in [0.25, 0.3) is 11.0 Å². The Morgan fingerprint density at radius 2 is 2.17 bits per heavy atom. The molecule has 7 nitrogen and oxygen atoms in total. The van der Waals surface area contributed by atoms with Crippen molar-refractivity contribution in [3.8, 4) is 0 Å². The number of nitrogens with zero attached hydrogens (tertiary/aromatic N) is 5. The SMILES string of the molecule is CC(C)Cn1cc(Nc2nc(C3CCC3)nc3cn[nH]c23)cn1. The second-order valence-electron chi connectivity index (χ2n) is 6.66. The van der Waals surface area contributed by atoms with Crippen LogP contribution in [0.5, 0.6) is 0 Å². The molecule has 0 radical (unpaired) electrons. The molecule has 4 rings (SSSR count). The highest BCUT2D eigenvalue weighted by Crippen LogP contribution is 2.36. The third-order valence-corrected chi connectivity index (χ3v) is 4.24. The molecule has 3 aromatic heterocycles. The van der Waals surface area contributed by atoms with Gasteiger partial charge in [0.05, 0.1) is 18.1 Å². The minimum absolute atomic E-state index is 0.485. The number of H-pyrrole nitrogens is 1. The Hall–Kier alpha value is -2.44. The van der Waals surface area contributed by atoms with Crippen molar-refractivity contribution in [2.45, 2.75) is 45.6 Å². The number of rotatable bonds is 5. The van der Waals surface area contributed by atoms with Gasteiger partial charge in [0.2, 0.25) is 0 Å². The number of aromatic nitrogens is 6. The van der Waals surface area contributed by atoms with Gasteiger partial charge in [-0.1, -0.05) is 20.3 Å². The second kappa shape index (κ2) is 5.64. The van der Waals surface area contributed by atoms with Gasteiger partial charge in [-0.25, -0.2) is 9.97 Å². The summed E-state index contributed by atoms with van der Waals surface area (Å²) < 4.78 is 1.95. The molecule has 0 amide bonds.